The predicted octanol–water partition coefficient (Wildman–Crippen LogP) is 35.8. The second-order valence-corrected chi connectivity index (χ2v) is 105. The number of rotatable bonds is 62. The highest BCUT2D eigenvalue weighted by atomic mass is 31.1. The fraction of sp³-hybridized carbons (Fsp3) is 0.882. The monoisotopic (exact) mass is 2100 g/mol. The fourth-order valence-electron chi connectivity index (χ4n) is 15.9. The van der Waals surface area contributed by atoms with Crippen molar-refractivity contribution in [3.63, 3.8) is 0 Å². The standard InChI is InChI=1S/C22H49O4PSi3.C22H48O4Si3.2C14H36O2Si3.C9H17OP.C9H16O.12CH4/c1-11-12-15-28(5,6)19-30(9,10)26-29(7,8)16-13-14-24-17-21(27-4)18-25-22(23)20(2)3;1-11-12-15-27(5,6)19-29(9,10)26-28(7,8)16-13-14-24-17-21(4)18-25-22(23)20(2)3;2*1-8-9-12-17(2,3)14-19(6,7)16-18(4,5)13-10-11-15;1-7(2)9(10)6-5-8(3)11-4;1-7(2)5-6-9(10)8(3)4;;;;;;;;;;;;/h21,27H,2,11-19H2,1,3-10H3;21H,2,11-19H2,1,3-10H3;2*15H,8-14H2,1-7H3;8,11H,1,5-6H2,2-4H3;7H,3,5-6H2,1-2,4H3;12*1H4. The molecule has 800 valence electrons. The van der Waals surface area contributed by atoms with Crippen LogP contribution in [-0.2, 0) is 54.6 Å². The first-order valence-electron chi connectivity index (χ1n) is 46.2. The van der Waals surface area contributed by atoms with Crippen LogP contribution >= 0.6 is 17.2 Å². The zero-order valence-corrected chi connectivity index (χ0v) is 99.4. The lowest BCUT2D eigenvalue weighted by atomic mass is 10.0. The van der Waals surface area contributed by atoms with E-state index in [4.69, 9.17) is 45.6 Å². The van der Waals surface area contributed by atoms with Crippen molar-refractivity contribution >= 4 is 140 Å². The Kier molecular flexibility index (Phi) is 119. The SMILES string of the molecule is C.C.C.C.C.C.C.C.C.C.C.C.C=C(C)C(=O)CCC(C)C.C=C(C)C(=O)CCC(C)PC.C=C(C)C(=O)OCC(C)COCCC[Si](C)(C)O[Si](C)(C)C[Si](C)(C)CCCC.C=C(C)C(=O)OCC(COCCC[Si](C)(C)O[Si](C)(C)C[Si](C)(C)CCCC)PC.CCCC[Si](C)(C)C[Si](C)(C)O[Si](C)(C)CCCO.CCCC[Si](C)(C)C[Si](C)(C)O[Si](C)(C)CCCO. The molecule has 0 saturated carbocycles. The molecule has 0 spiro atoms. The second-order valence-electron chi connectivity index (χ2n) is 43.2. The number of aliphatic hydroxyl groups is 2. The van der Waals surface area contributed by atoms with Crippen molar-refractivity contribution < 1.29 is 64.8 Å². The number of ether oxygens (including phenoxy) is 4. The Morgan fingerprint density at radius 3 is 0.785 bits per heavy atom. The third-order valence-electron chi connectivity index (χ3n) is 20.6. The van der Waals surface area contributed by atoms with Gasteiger partial charge in [0.25, 0.3) is 0 Å². The minimum atomic E-state index is -1.67. The second kappa shape index (κ2) is 89.5. The minimum absolute atomic E-state index is 0. The predicted molar refractivity (Wildman–Crippen MR) is 642 cm³/mol. The van der Waals surface area contributed by atoms with Gasteiger partial charge in [0.05, 0.1) is 19.8 Å². The maximum absolute atomic E-state index is 11.5. The number of carbonyl (C=O) groups excluding carboxylic acids is 4. The van der Waals surface area contributed by atoms with Crippen LogP contribution in [-0.4, -0.2) is 210 Å². The van der Waals surface area contributed by atoms with E-state index in [0.29, 0.717) is 94.9 Å². The Morgan fingerprint density at radius 1 is 0.315 bits per heavy atom. The Labute approximate surface area is 838 Å². The highest BCUT2D eigenvalue weighted by molar-refractivity contribution is 7.38. The number of hydrogen-bond donors (Lipinski definition) is 2. The van der Waals surface area contributed by atoms with Crippen molar-refractivity contribution in [1.29, 1.82) is 0 Å². The lowest BCUT2D eigenvalue weighted by molar-refractivity contribution is -0.141. The lowest BCUT2D eigenvalue weighted by Crippen LogP contribution is -2.49. The Balaban J connectivity index is -0.0000000735. The van der Waals surface area contributed by atoms with Crippen molar-refractivity contribution in [2.75, 3.05) is 66.2 Å². The average molecular weight is 2100 g/mol. The zero-order chi connectivity index (χ0) is 93.5. The van der Waals surface area contributed by atoms with E-state index < -0.39 is 98.8 Å². The molecule has 0 aromatic carbocycles. The van der Waals surface area contributed by atoms with E-state index in [1.807, 2.05) is 6.92 Å². The summed E-state index contributed by atoms with van der Waals surface area (Å²) in [6.45, 7) is 106. The topological polar surface area (TPSA) is 183 Å². The van der Waals surface area contributed by atoms with E-state index in [1.165, 1.54) is 98.2 Å². The minimum Gasteiger partial charge on any atom is -0.462 e. The number of ketones is 2. The van der Waals surface area contributed by atoms with Crippen molar-refractivity contribution in [2.45, 2.75) is 514 Å². The molecule has 0 aliphatic carbocycles. The van der Waals surface area contributed by atoms with Gasteiger partial charge in [-0.2, -0.15) is 0 Å². The first-order chi connectivity index (χ1) is 53.6. The van der Waals surface area contributed by atoms with Gasteiger partial charge >= 0.3 is 11.9 Å². The van der Waals surface area contributed by atoms with Crippen molar-refractivity contribution in [3.05, 3.63) is 48.6 Å². The van der Waals surface area contributed by atoms with Crippen LogP contribution in [0, 0.1) is 11.8 Å². The highest BCUT2D eigenvalue weighted by Crippen LogP contribution is 2.35. The number of allylic oxidation sites excluding steroid dienone is 2. The molecule has 0 aliphatic heterocycles. The summed E-state index contributed by atoms with van der Waals surface area (Å²) < 4.78 is 49.2. The molecule has 0 aromatic heterocycles. The van der Waals surface area contributed by atoms with Crippen molar-refractivity contribution in [2.24, 2.45) is 11.8 Å². The summed E-state index contributed by atoms with van der Waals surface area (Å²) in [5.41, 5.74) is 8.73. The maximum Gasteiger partial charge on any atom is 0.333 e. The molecule has 5 atom stereocenters. The number of aliphatic hydroxyl groups excluding tert-OH is 2. The van der Waals surface area contributed by atoms with Crippen LogP contribution in [0.15, 0.2) is 48.6 Å². The van der Waals surface area contributed by atoms with E-state index in [2.05, 4.69) is 245 Å². The van der Waals surface area contributed by atoms with Gasteiger partial charge in [-0.3, -0.25) is 9.59 Å². The molecule has 0 heterocycles. The number of carbonyl (C=O) groups is 4. The molecule has 0 bridgehead atoms. The largest absolute Gasteiger partial charge is 0.462 e. The smallest absolute Gasteiger partial charge is 0.333 e. The summed E-state index contributed by atoms with van der Waals surface area (Å²) in [5.74, 6) is 0.596. The average Bonchev–Trinajstić information content (AvgIpc) is 0.861. The van der Waals surface area contributed by atoms with Crippen LogP contribution in [0.3, 0.4) is 0 Å². The number of esters is 2. The van der Waals surface area contributed by atoms with E-state index in [-0.39, 0.29) is 124 Å². The molecule has 0 aromatic rings. The maximum atomic E-state index is 11.5. The van der Waals surface area contributed by atoms with Gasteiger partial charge in [0.2, 0.25) is 0 Å². The fourth-order valence-corrected chi connectivity index (χ4v) is 95.1. The van der Waals surface area contributed by atoms with Gasteiger partial charge in [-0.1, -0.05) is 299 Å². The summed E-state index contributed by atoms with van der Waals surface area (Å²) >= 11 is 0. The highest BCUT2D eigenvalue weighted by Gasteiger charge is 2.42. The summed E-state index contributed by atoms with van der Waals surface area (Å²) in [4.78, 5) is 45.0. The molecule has 14 nitrogen and oxygen atoms in total. The number of Topliss-reactive ketones (excluding diaryl/α,β-unsaturated/α-hetero) is 2. The third kappa shape index (κ3) is 112. The molecule has 2 N–H and O–H groups in total. The van der Waals surface area contributed by atoms with Crippen LogP contribution in [0.2, 0.25) is 228 Å². The van der Waals surface area contributed by atoms with E-state index >= 15 is 0 Å². The van der Waals surface area contributed by atoms with Crippen molar-refractivity contribution in [3.8, 4) is 0 Å². The zero-order valence-electron chi connectivity index (χ0n) is 85.4. The number of unbranched alkanes of at least 4 members (excludes halogenated alkanes) is 4. The lowest BCUT2D eigenvalue weighted by Gasteiger charge is -2.38. The van der Waals surface area contributed by atoms with Gasteiger partial charge in [-0.25, -0.2) is 9.59 Å². The van der Waals surface area contributed by atoms with Crippen LogP contribution in [0.25, 0.3) is 0 Å². The van der Waals surface area contributed by atoms with Crippen molar-refractivity contribution in [1.82, 2.24) is 0 Å². The molecule has 0 fully saturated rings. The third-order valence-corrected chi connectivity index (χ3v) is 82.7. The first-order valence-corrected chi connectivity index (χ1v) is 87.9. The Morgan fingerprint density at radius 2 is 0.562 bits per heavy atom. The quantitative estimate of drug-likeness (QED) is 0.0193. The van der Waals surface area contributed by atoms with Gasteiger partial charge in [0.1, 0.15) is 6.61 Å². The Bertz CT molecular complexity index is 2610. The molecular weight excluding hydrogens is 1850 g/mol. The summed E-state index contributed by atoms with van der Waals surface area (Å²) in [6.07, 6.45) is 18.0. The summed E-state index contributed by atoms with van der Waals surface area (Å²) in [7, 11) is -15.6. The van der Waals surface area contributed by atoms with E-state index in [1.54, 1.807) is 27.7 Å². The first kappa shape index (κ1) is 173. The molecule has 0 radical (unpaired) electrons. The molecule has 28 heteroatoms. The van der Waals surface area contributed by atoms with Crippen LogP contribution in [0.5, 0.6) is 0 Å². The summed E-state index contributed by atoms with van der Waals surface area (Å²) in [5, 5.41) is 18.0. The van der Waals surface area contributed by atoms with E-state index in [0.717, 1.165) is 84.5 Å². The van der Waals surface area contributed by atoms with E-state index in [9.17, 15) is 19.2 Å². The molecule has 0 rings (SSSR count). The summed E-state index contributed by atoms with van der Waals surface area (Å²) in [6, 6.07) is 10.2. The van der Waals surface area contributed by atoms with Crippen LogP contribution in [0.1, 0.15) is 275 Å². The normalized spacial score (nSPS) is 12.4. The molecule has 0 amide bonds. The Hall–Kier alpha value is 0.383. The molecule has 5 unspecified atom stereocenters. The van der Waals surface area contributed by atoms with Gasteiger partial charge in [-0.05, 0) is 254 Å². The van der Waals surface area contributed by atoms with Gasteiger partial charge in [0, 0.05) is 94.3 Å². The van der Waals surface area contributed by atoms with Crippen LogP contribution < -0.4 is 0 Å². The molecule has 130 heavy (non-hydrogen) atoms. The van der Waals surface area contributed by atoms with Gasteiger partial charge in [0.15, 0.2) is 78.1 Å². The van der Waals surface area contributed by atoms with Gasteiger partial charge in [-0.15, -0.1) is 17.2 Å². The van der Waals surface area contributed by atoms with Gasteiger partial charge < -0.3 is 45.6 Å². The van der Waals surface area contributed by atoms with Crippen LogP contribution in [0.4, 0.5) is 0 Å². The molecule has 0 aliphatic rings. The number of hydrogen-bond acceptors (Lipinski definition) is 14. The molecular formula is C102H250O14P2Si12. The molecule has 0 saturated heterocycles.